The van der Waals surface area contributed by atoms with Crippen molar-refractivity contribution >= 4 is 26.6 Å². The summed E-state index contributed by atoms with van der Waals surface area (Å²) in [6.07, 6.45) is 2.28. The Bertz CT molecular complexity index is 751. The van der Waals surface area contributed by atoms with Crippen LogP contribution in [-0.4, -0.2) is 42.6 Å². The number of benzene rings is 1. The van der Waals surface area contributed by atoms with Crippen LogP contribution in [0.3, 0.4) is 0 Å². The average molecular weight is 293 g/mol. The topological polar surface area (TPSA) is 91.9 Å². The van der Waals surface area contributed by atoms with E-state index in [1.807, 2.05) is 6.07 Å². The fourth-order valence-electron chi connectivity index (χ4n) is 2.52. The summed E-state index contributed by atoms with van der Waals surface area (Å²) in [5.74, 6) is 0.208. The molecule has 1 atom stereocenters. The van der Waals surface area contributed by atoms with E-state index < -0.39 is 9.84 Å². The second-order valence-electron chi connectivity index (χ2n) is 5.12. The molecule has 2 N–H and O–H groups in total. The number of aromatic amines is 1. The van der Waals surface area contributed by atoms with Gasteiger partial charge in [0.15, 0.2) is 9.84 Å². The molecular formula is C13H15N3O3S. The zero-order valence-corrected chi connectivity index (χ0v) is 11.6. The maximum absolute atomic E-state index is 12.2. The Hall–Kier alpha value is -1.89. The molecule has 2 heterocycles. The van der Waals surface area contributed by atoms with Gasteiger partial charge in [0.2, 0.25) is 0 Å². The maximum atomic E-state index is 12.2. The molecule has 0 saturated carbocycles. The van der Waals surface area contributed by atoms with Crippen molar-refractivity contribution in [1.82, 2.24) is 15.5 Å². The monoisotopic (exact) mass is 293 g/mol. The van der Waals surface area contributed by atoms with Gasteiger partial charge in [0.05, 0.1) is 28.8 Å². The molecule has 6 nitrogen and oxygen atoms in total. The number of H-pyrrole nitrogens is 1. The molecule has 1 saturated heterocycles. The predicted molar refractivity (Wildman–Crippen MR) is 75.2 cm³/mol. The zero-order valence-electron chi connectivity index (χ0n) is 10.8. The molecule has 1 aromatic carbocycles. The van der Waals surface area contributed by atoms with E-state index >= 15 is 0 Å². The van der Waals surface area contributed by atoms with Crippen LogP contribution < -0.4 is 5.32 Å². The Kier molecular flexibility index (Phi) is 3.21. The Morgan fingerprint density at radius 3 is 3.05 bits per heavy atom. The van der Waals surface area contributed by atoms with Gasteiger partial charge in [0.25, 0.3) is 5.91 Å². The molecule has 0 unspecified atom stereocenters. The highest BCUT2D eigenvalue weighted by Crippen LogP contribution is 2.18. The predicted octanol–water partition coefficient (Wildman–Crippen LogP) is 0.727. The summed E-state index contributed by atoms with van der Waals surface area (Å²) in [5, 5.41) is 10.4. The van der Waals surface area contributed by atoms with Crippen LogP contribution >= 0.6 is 0 Å². The molecule has 1 amide bonds. The number of para-hydroxylation sites is 1. The number of carbonyl (C=O) groups excluding carboxylic acids is 1. The smallest absolute Gasteiger partial charge is 0.253 e. The van der Waals surface area contributed by atoms with E-state index in [4.69, 9.17) is 0 Å². The van der Waals surface area contributed by atoms with Crippen LogP contribution in [0.15, 0.2) is 24.4 Å². The highest BCUT2D eigenvalue weighted by atomic mass is 32.2. The van der Waals surface area contributed by atoms with Crippen LogP contribution in [-0.2, 0) is 9.84 Å². The van der Waals surface area contributed by atoms with E-state index in [0.717, 1.165) is 5.39 Å². The van der Waals surface area contributed by atoms with Crippen molar-refractivity contribution in [2.24, 2.45) is 5.92 Å². The molecule has 1 aromatic heterocycles. The molecule has 0 aliphatic carbocycles. The largest absolute Gasteiger partial charge is 0.352 e. The number of aromatic nitrogens is 2. The van der Waals surface area contributed by atoms with Gasteiger partial charge in [-0.2, -0.15) is 5.10 Å². The number of hydrogen-bond donors (Lipinski definition) is 2. The Balaban J connectivity index is 1.69. The van der Waals surface area contributed by atoms with Crippen molar-refractivity contribution in [3.05, 3.63) is 30.0 Å². The first-order valence-electron chi connectivity index (χ1n) is 6.46. The van der Waals surface area contributed by atoms with E-state index in [1.165, 1.54) is 0 Å². The first-order chi connectivity index (χ1) is 9.55. The SMILES string of the molecule is O=C(NC[C@H]1CCS(=O)(=O)C1)c1cccc2cn[nH]c12. The molecule has 7 heteroatoms. The van der Waals surface area contributed by atoms with Crippen molar-refractivity contribution in [3.63, 3.8) is 0 Å². The summed E-state index contributed by atoms with van der Waals surface area (Å²) in [7, 11) is -2.90. The summed E-state index contributed by atoms with van der Waals surface area (Å²) in [5.41, 5.74) is 1.23. The number of hydrogen-bond acceptors (Lipinski definition) is 4. The standard InChI is InChI=1S/C13H15N3O3S/c17-13(14-6-9-4-5-20(18,19)8-9)11-3-1-2-10-7-15-16-12(10)11/h1-3,7,9H,4-6,8H2,(H,14,17)(H,15,16)/t9-/m1/s1. The molecule has 0 radical (unpaired) electrons. The minimum absolute atomic E-state index is 0.0184. The van der Waals surface area contributed by atoms with Gasteiger partial charge < -0.3 is 5.32 Å². The highest BCUT2D eigenvalue weighted by molar-refractivity contribution is 7.91. The van der Waals surface area contributed by atoms with Crippen molar-refractivity contribution in [2.45, 2.75) is 6.42 Å². The zero-order chi connectivity index (χ0) is 14.2. The van der Waals surface area contributed by atoms with E-state index in [2.05, 4.69) is 15.5 Å². The summed E-state index contributed by atoms with van der Waals surface area (Å²) >= 11 is 0. The second kappa shape index (κ2) is 4.90. The van der Waals surface area contributed by atoms with Gasteiger partial charge in [-0.25, -0.2) is 8.42 Å². The quantitative estimate of drug-likeness (QED) is 0.872. The lowest BCUT2D eigenvalue weighted by atomic mass is 10.1. The van der Waals surface area contributed by atoms with Crippen LogP contribution in [0.2, 0.25) is 0 Å². The molecular weight excluding hydrogens is 278 g/mol. The lowest BCUT2D eigenvalue weighted by Crippen LogP contribution is -2.30. The van der Waals surface area contributed by atoms with E-state index in [-0.39, 0.29) is 23.3 Å². The van der Waals surface area contributed by atoms with Gasteiger partial charge in [-0.1, -0.05) is 12.1 Å². The van der Waals surface area contributed by atoms with Crippen LogP contribution in [0, 0.1) is 5.92 Å². The summed E-state index contributed by atoms with van der Waals surface area (Å²) in [6.45, 7) is 0.391. The van der Waals surface area contributed by atoms with Crippen LogP contribution in [0.5, 0.6) is 0 Å². The first kappa shape index (κ1) is 13.1. The number of sulfone groups is 1. The van der Waals surface area contributed by atoms with Gasteiger partial charge in [-0.3, -0.25) is 9.89 Å². The first-order valence-corrected chi connectivity index (χ1v) is 8.28. The van der Waals surface area contributed by atoms with E-state index in [1.54, 1.807) is 18.3 Å². The van der Waals surface area contributed by atoms with E-state index in [0.29, 0.717) is 24.0 Å². The molecule has 20 heavy (non-hydrogen) atoms. The summed E-state index contributed by atoms with van der Waals surface area (Å²) in [4.78, 5) is 12.2. The summed E-state index contributed by atoms with van der Waals surface area (Å²) in [6, 6.07) is 5.40. The molecule has 1 aliphatic rings. The fourth-order valence-corrected chi connectivity index (χ4v) is 4.39. The highest BCUT2D eigenvalue weighted by Gasteiger charge is 2.28. The van der Waals surface area contributed by atoms with Crippen LogP contribution in [0.1, 0.15) is 16.8 Å². The van der Waals surface area contributed by atoms with Gasteiger partial charge in [-0.15, -0.1) is 0 Å². The number of nitrogens with one attached hydrogen (secondary N) is 2. The lowest BCUT2D eigenvalue weighted by Gasteiger charge is -2.10. The average Bonchev–Trinajstić information content (AvgIpc) is 3.01. The van der Waals surface area contributed by atoms with Gasteiger partial charge in [0.1, 0.15) is 0 Å². The van der Waals surface area contributed by atoms with E-state index in [9.17, 15) is 13.2 Å². The van der Waals surface area contributed by atoms with Crippen molar-refractivity contribution in [2.75, 3.05) is 18.1 Å². The molecule has 0 spiro atoms. The molecule has 106 valence electrons. The van der Waals surface area contributed by atoms with Crippen molar-refractivity contribution < 1.29 is 13.2 Å². The van der Waals surface area contributed by atoms with Crippen LogP contribution in [0.4, 0.5) is 0 Å². The minimum atomic E-state index is -2.90. The second-order valence-corrected chi connectivity index (χ2v) is 7.35. The minimum Gasteiger partial charge on any atom is -0.352 e. The third-order valence-electron chi connectivity index (χ3n) is 3.60. The lowest BCUT2D eigenvalue weighted by molar-refractivity contribution is 0.0950. The fraction of sp³-hybridized carbons (Fsp3) is 0.385. The number of rotatable bonds is 3. The third-order valence-corrected chi connectivity index (χ3v) is 5.44. The van der Waals surface area contributed by atoms with Crippen LogP contribution in [0.25, 0.3) is 10.9 Å². The number of carbonyl (C=O) groups is 1. The molecule has 3 rings (SSSR count). The number of amides is 1. The Labute approximate surface area is 116 Å². The summed E-state index contributed by atoms with van der Waals surface area (Å²) < 4.78 is 22.7. The number of fused-ring (bicyclic) bond motifs is 1. The van der Waals surface area contributed by atoms with Gasteiger partial charge in [-0.05, 0) is 18.4 Å². The van der Waals surface area contributed by atoms with Crippen molar-refractivity contribution in [3.8, 4) is 0 Å². The van der Waals surface area contributed by atoms with Gasteiger partial charge >= 0.3 is 0 Å². The molecule has 2 aromatic rings. The maximum Gasteiger partial charge on any atom is 0.253 e. The molecule has 1 aliphatic heterocycles. The van der Waals surface area contributed by atoms with Gasteiger partial charge in [0, 0.05) is 11.9 Å². The Morgan fingerprint density at radius 2 is 2.30 bits per heavy atom. The third kappa shape index (κ3) is 2.53. The molecule has 0 bridgehead atoms. The normalized spacial score (nSPS) is 21.1. The number of nitrogens with zero attached hydrogens (tertiary/aromatic N) is 1. The van der Waals surface area contributed by atoms with Crippen molar-refractivity contribution in [1.29, 1.82) is 0 Å². The Morgan fingerprint density at radius 1 is 1.45 bits per heavy atom. The molecule has 1 fully saturated rings.